The maximum Gasteiger partial charge on any atom is 0.330 e. The van der Waals surface area contributed by atoms with Crippen molar-refractivity contribution >= 4 is 5.69 Å². The molecule has 2 rings (SSSR count). The quantitative estimate of drug-likeness (QED) is 0.533. The second-order valence-electron chi connectivity index (χ2n) is 4.51. The fourth-order valence-electron chi connectivity index (χ4n) is 2.07. The van der Waals surface area contributed by atoms with E-state index in [1.165, 1.54) is 4.57 Å². The summed E-state index contributed by atoms with van der Waals surface area (Å²) < 4.78 is 6.49. The van der Waals surface area contributed by atoms with E-state index in [9.17, 15) is 9.59 Å². The van der Waals surface area contributed by atoms with E-state index in [2.05, 4.69) is 4.98 Å². The molecule has 0 aliphatic rings. The van der Waals surface area contributed by atoms with Gasteiger partial charge in [0.05, 0.1) is 18.9 Å². The Labute approximate surface area is 120 Å². The number of aliphatic hydroxyl groups is 1. The first-order chi connectivity index (χ1) is 10.1. The largest absolute Gasteiger partial charge is 0.398 e. The van der Waals surface area contributed by atoms with Crippen molar-refractivity contribution in [3.63, 3.8) is 0 Å². The van der Waals surface area contributed by atoms with Gasteiger partial charge in [0.15, 0.2) is 0 Å². The maximum absolute atomic E-state index is 12.0. The van der Waals surface area contributed by atoms with Gasteiger partial charge in [-0.3, -0.25) is 14.3 Å². The average molecular weight is 291 g/mol. The molecule has 0 aliphatic heterocycles. The predicted octanol–water partition coefficient (Wildman–Crippen LogP) is 0.0606. The number of nitrogen functional groups attached to an aromatic ring is 1. The third kappa shape index (κ3) is 3.04. The van der Waals surface area contributed by atoms with Crippen molar-refractivity contribution in [1.29, 1.82) is 0 Å². The minimum Gasteiger partial charge on any atom is -0.398 e. The molecule has 0 fully saturated rings. The Hall–Kier alpha value is -2.38. The van der Waals surface area contributed by atoms with Crippen LogP contribution in [0.1, 0.15) is 5.56 Å². The van der Waals surface area contributed by atoms with E-state index in [1.807, 2.05) is 0 Å². The Morgan fingerprint density at radius 3 is 2.71 bits per heavy atom. The molecule has 4 N–H and O–H groups in total. The molecule has 7 heteroatoms. The Kier molecular flexibility index (Phi) is 4.56. The first kappa shape index (κ1) is 15.0. The van der Waals surface area contributed by atoms with E-state index in [1.54, 1.807) is 31.2 Å². The lowest BCUT2D eigenvalue weighted by molar-refractivity contribution is 0.0465. The maximum atomic E-state index is 12.0. The van der Waals surface area contributed by atoms with Gasteiger partial charge in [-0.2, -0.15) is 0 Å². The smallest absolute Gasteiger partial charge is 0.330 e. The Morgan fingerprint density at radius 1 is 1.33 bits per heavy atom. The molecule has 0 saturated carbocycles. The van der Waals surface area contributed by atoms with Crippen molar-refractivity contribution in [2.75, 3.05) is 18.9 Å². The number of nitrogens with one attached hydrogen (secondary N) is 1. The minimum absolute atomic E-state index is 0.0827. The summed E-state index contributed by atoms with van der Waals surface area (Å²) in [7, 11) is 0. The highest BCUT2D eigenvalue weighted by atomic mass is 16.5. The molecule has 1 aromatic heterocycles. The molecule has 112 valence electrons. The van der Waals surface area contributed by atoms with Crippen LogP contribution in [0.3, 0.4) is 0 Å². The lowest BCUT2D eigenvalue weighted by Crippen LogP contribution is -2.34. The molecular weight excluding hydrogens is 274 g/mol. The molecule has 0 aliphatic carbocycles. The van der Waals surface area contributed by atoms with Crippen molar-refractivity contribution in [2.24, 2.45) is 0 Å². The highest BCUT2D eigenvalue weighted by molar-refractivity contribution is 5.75. The van der Waals surface area contributed by atoms with Gasteiger partial charge in [0.2, 0.25) is 0 Å². The number of rotatable bonds is 5. The summed E-state index contributed by atoms with van der Waals surface area (Å²) in [5.74, 6) is 0. The van der Waals surface area contributed by atoms with Gasteiger partial charge in [0, 0.05) is 16.8 Å². The lowest BCUT2D eigenvalue weighted by atomic mass is 10.1. The highest BCUT2D eigenvalue weighted by Crippen LogP contribution is 2.25. The monoisotopic (exact) mass is 291 g/mol. The van der Waals surface area contributed by atoms with Gasteiger partial charge in [-0.05, 0) is 13.0 Å². The van der Waals surface area contributed by atoms with Gasteiger partial charge >= 0.3 is 5.69 Å². The van der Waals surface area contributed by atoms with Crippen molar-refractivity contribution in [3.8, 4) is 11.3 Å². The number of anilines is 1. The number of ether oxygens (including phenoxy) is 1. The second-order valence-corrected chi connectivity index (χ2v) is 4.51. The lowest BCUT2D eigenvalue weighted by Gasteiger charge is -2.16. The minimum atomic E-state index is -0.582. The fourth-order valence-corrected chi connectivity index (χ4v) is 2.07. The van der Waals surface area contributed by atoms with Gasteiger partial charge in [-0.25, -0.2) is 4.79 Å². The van der Waals surface area contributed by atoms with Crippen LogP contribution < -0.4 is 17.0 Å². The van der Waals surface area contributed by atoms with Gasteiger partial charge in [0.25, 0.3) is 5.56 Å². The molecule has 0 radical (unpaired) electrons. The highest BCUT2D eigenvalue weighted by Gasteiger charge is 2.15. The van der Waals surface area contributed by atoms with E-state index < -0.39 is 11.2 Å². The predicted molar refractivity (Wildman–Crippen MR) is 78.9 cm³/mol. The van der Waals surface area contributed by atoms with E-state index >= 15 is 0 Å². The first-order valence-electron chi connectivity index (χ1n) is 6.43. The summed E-state index contributed by atoms with van der Waals surface area (Å²) >= 11 is 0. The number of benzene rings is 1. The third-order valence-electron chi connectivity index (χ3n) is 3.10. The van der Waals surface area contributed by atoms with E-state index in [0.717, 1.165) is 0 Å². The zero-order valence-corrected chi connectivity index (χ0v) is 11.6. The van der Waals surface area contributed by atoms with Crippen molar-refractivity contribution in [1.82, 2.24) is 9.55 Å². The normalized spacial score (nSPS) is 10.8. The van der Waals surface area contributed by atoms with Crippen LogP contribution in [0.5, 0.6) is 0 Å². The van der Waals surface area contributed by atoms with Crippen LogP contribution in [0.25, 0.3) is 11.3 Å². The van der Waals surface area contributed by atoms with Crippen LogP contribution in [0.15, 0.2) is 33.9 Å². The van der Waals surface area contributed by atoms with E-state index in [0.29, 0.717) is 22.5 Å². The molecule has 0 atom stereocenters. The zero-order chi connectivity index (χ0) is 15.4. The van der Waals surface area contributed by atoms with Crippen molar-refractivity contribution < 1.29 is 9.84 Å². The first-order valence-corrected chi connectivity index (χ1v) is 6.43. The number of aromatic nitrogens is 2. The molecule has 1 heterocycles. The van der Waals surface area contributed by atoms with Gasteiger partial charge in [-0.1, -0.05) is 18.2 Å². The second kappa shape index (κ2) is 6.38. The number of hydrogen-bond acceptors (Lipinski definition) is 5. The summed E-state index contributed by atoms with van der Waals surface area (Å²) in [6, 6.07) is 6.97. The molecule has 0 saturated heterocycles. The van der Waals surface area contributed by atoms with Gasteiger partial charge < -0.3 is 15.6 Å². The summed E-state index contributed by atoms with van der Waals surface area (Å²) in [6.07, 6.45) is 0. The van der Waals surface area contributed by atoms with Crippen LogP contribution in [-0.2, 0) is 11.5 Å². The summed E-state index contributed by atoms with van der Waals surface area (Å²) in [6.45, 7) is 1.47. The molecule has 0 spiro atoms. The van der Waals surface area contributed by atoms with E-state index in [-0.39, 0.29) is 19.9 Å². The number of aliphatic hydroxyl groups excluding tert-OH is 1. The number of para-hydroxylation sites is 1. The molecule has 1 aromatic carbocycles. The summed E-state index contributed by atoms with van der Waals surface area (Å²) in [5, 5.41) is 8.75. The molecule has 21 heavy (non-hydrogen) atoms. The Morgan fingerprint density at radius 2 is 2.05 bits per heavy atom. The van der Waals surface area contributed by atoms with Crippen molar-refractivity contribution in [2.45, 2.75) is 13.7 Å². The molecule has 0 bridgehead atoms. The van der Waals surface area contributed by atoms with Crippen molar-refractivity contribution in [3.05, 3.63) is 50.7 Å². The van der Waals surface area contributed by atoms with Gasteiger partial charge in [0.1, 0.15) is 6.73 Å². The number of nitrogens with zero attached hydrogens (tertiary/aromatic N) is 1. The number of nitrogens with two attached hydrogens (primary N) is 1. The van der Waals surface area contributed by atoms with Crippen LogP contribution in [-0.4, -0.2) is 27.9 Å². The topological polar surface area (TPSA) is 110 Å². The Balaban J connectivity index is 2.65. The van der Waals surface area contributed by atoms with Crippen LogP contribution >= 0.6 is 0 Å². The third-order valence-corrected chi connectivity index (χ3v) is 3.10. The van der Waals surface area contributed by atoms with E-state index in [4.69, 9.17) is 15.6 Å². The molecule has 0 unspecified atom stereocenters. The fraction of sp³-hybridized carbons (Fsp3) is 0.286. The molecule has 2 aromatic rings. The Bertz CT molecular complexity index is 749. The van der Waals surface area contributed by atoms with Crippen LogP contribution in [0, 0.1) is 6.92 Å². The number of H-pyrrole nitrogens is 1. The number of aromatic amines is 1. The SMILES string of the molecule is Cc1c(-c2ccccc2N)n(COCCO)c(=O)[nH]c1=O. The molecule has 7 nitrogen and oxygen atoms in total. The molecular formula is C14H17N3O4. The summed E-state index contributed by atoms with van der Waals surface area (Å²) in [4.78, 5) is 26.1. The average Bonchev–Trinajstić information content (AvgIpc) is 2.46. The standard InChI is InChI=1S/C14H17N3O4/c1-9-12(10-4-2-3-5-11(10)15)17(8-21-7-6-18)14(20)16-13(9)19/h2-5,18H,6-8,15H2,1H3,(H,16,19,20). The van der Waals surface area contributed by atoms with Gasteiger partial charge in [-0.15, -0.1) is 0 Å². The van der Waals surface area contributed by atoms with Crippen LogP contribution in [0.2, 0.25) is 0 Å². The molecule has 0 amide bonds. The van der Waals surface area contributed by atoms with Crippen LogP contribution in [0.4, 0.5) is 5.69 Å². The number of hydrogen-bond donors (Lipinski definition) is 3. The summed E-state index contributed by atoms with van der Waals surface area (Å²) in [5.41, 5.74) is 6.73. The zero-order valence-electron chi connectivity index (χ0n) is 11.6.